The van der Waals surface area contributed by atoms with Gasteiger partial charge in [0.1, 0.15) is 5.78 Å². The Morgan fingerprint density at radius 2 is 2.08 bits per heavy atom. The predicted octanol–water partition coefficient (Wildman–Crippen LogP) is 2.17. The molecule has 1 saturated carbocycles. The fourth-order valence-electron chi connectivity index (χ4n) is 1.14. The Bertz CT molecular complexity index is 169. The van der Waals surface area contributed by atoms with Gasteiger partial charge in [-0.15, -0.1) is 0 Å². The zero-order valence-corrected chi connectivity index (χ0v) is 8.22. The minimum Gasteiger partial charge on any atom is -0.379 e. The normalized spacial score (nSPS) is 17.9. The van der Waals surface area contributed by atoms with Gasteiger partial charge in [0.2, 0.25) is 0 Å². The van der Waals surface area contributed by atoms with Crippen LogP contribution in [-0.2, 0) is 9.53 Å². The molecular weight excluding hydrogens is 152 g/mol. The number of rotatable bonds is 5. The number of carbonyl (C=O) groups is 1. The van der Waals surface area contributed by atoms with E-state index in [4.69, 9.17) is 4.74 Å². The maximum absolute atomic E-state index is 11.3. The van der Waals surface area contributed by atoms with Crippen LogP contribution >= 0.6 is 0 Å². The molecule has 1 fully saturated rings. The van der Waals surface area contributed by atoms with E-state index in [1.807, 2.05) is 13.8 Å². The molecule has 2 nitrogen and oxygen atoms in total. The molecule has 70 valence electrons. The monoisotopic (exact) mass is 170 g/mol. The summed E-state index contributed by atoms with van der Waals surface area (Å²) in [6.07, 6.45) is 3.77. The van der Waals surface area contributed by atoms with Gasteiger partial charge in [0.25, 0.3) is 0 Å². The van der Waals surface area contributed by atoms with Crippen LogP contribution in [0.2, 0.25) is 0 Å². The summed E-state index contributed by atoms with van der Waals surface area (Å²) in [5.74, 6) is 0.831. The first-order valence-corrected chi connectivity index (χ1v) is 4.63. The third-order valence-electron chi connectivity index (χ3n) is 2.56. The van der Waals surface area contributed by atoms with E-state index in [0.29, 0.717) is 18.1 Å². The molecule has 0 amide bonds. The maximum atomic E-state index is 11.3. The number of hydrogen-bond donors (Lipinski definition) is 0. The van der Waals surface area contributed by atoms with E-state index in [2.05, 4.69) is 0 Å². The van der Waals surface area contributed by atoms with Gasteiger partial charge in [0, 0.05) is 19.4 Å². The zero-order chi connectivity index (χ0) is 9.19. The second-order valence-corrected chi connectivity index (χ2v) is 4.20. The van der Waals surface area contributed by atoms with Crippen molar-refractivity contribution in [3.63, 3.8) is 0 Å². The van der Waals surface area contributed by atoms with E-state index >= 15 is 0 Å². The molecule has 0 aromatic carbocycles. The number of Topliss-reactive ketones (excluding diaryl/α,β-unsaturated/α-hetero) is 1. The molecule has 0 unspecified atom stereocenters. The van der Waals surface area contributed by atoms with E-state index < -0.39 is 0 Å². The number of ketones is 1. The molecule has 12 heavy (non-hydrogen) atoms. The van der Waals surface area contributed by atoms with E-state index in [1.54, 1.807) is 7.11 Å². The van der Waals surface area contributed by atoms with Crippen molar-refractivity contribution in [2.24, 2.45) is 5.92 Å². The molecule has 0 atom stereocenters. The molecule has 0 aromatic rings. The molecule has 0 heterocycles. The highest BCUT2D eigenvalue weighted by molar-refractivity contribution is 5.83. The van der Waals surface area contributed by atoms with E-state index in [1.165, 1.54) is 0 Å². The van der Waals surface area contributed by atoms with Crippen LogP contribution in [0.3, 0.4) is 0 Å². The van der Waals surface area contributed by atoms with Gasteiger partial charge >= 0.3 is 0 Å². The molecule has 0 aromatic heterocycles. The number of ether oxygens (including phenoxy) is 1. The second-order valence-electron chi connectivity index (χ2n) is 4.20. The SMILES string of the molecule is COC(C)(C)CCC(=O)C1CC1. The van der Waals surface area contributed by atoms with E-state index in [9.17, 15) is 4.79 Å². The van der Waals surface area contributed by atoms with Crippen molar-refractivity contribution in [2.45, 2.75) is 45.1 Å². The number of methoxy groups -OCH3 is 1. The van der Waals surface area contributed by atoms with Crippen molar-refractivity contribution in [3.05, 3.63) is 0 Å². The van der Waals surface area contributed by atoms with Crippen LogP contribution in [-0.4, -0.2) is 18.5 Å². The van der Waals surface area contributed by atoms with Crippen molar-refractivity contribution in [2.75, 3.05) is 7.11 Å². The van der Waals surface area contributed by atoms with Crippen LogP contribution in [0.1, 0.15) is 39.5 Å². The lowest BCUT2D eigenvalue weighted by molar-refractivity contribution is -0.121. The minimum atomic E-state index is -0.134. The predicted molar refractivity (Wildman–Crippen MR) is 48.1 cm³/mol. The fraction of sp³-hybridized carbons (Fsp3) is 0.900. The summed E-state index contributed by atoms with van der Waals surface area (Å²) < 4.78 is 5.24. The molecule has 2 heteroatoms. The zero-order valence-electron chi connectivity index (χ0n) is 8.22. The van der Waals surface area contributed by atoms with Gasteiger partial charge in [-0.25, -0.2) is 0 Å². The first-order valence-electron chi connectivity index (χ1n) is 4.63. The van der Waals surface area contributed by atoms with Crippen molar-refractivity contribution < 1.29 is 9.53 Å². The van der Waals surface area contributed by atoms with Crippen molar-refractivity contribution in [3.8, 4) is 0 Å². The number of hydrogen-bond acceptors (Lipinski definition) is 2. The van der Waals surface area contributed by atoms with Crippen molar-refractivity contribution in [1.82, 2.24) is 0 Å². The van der Waals surface area contributed by atoms with Gasteiger partial charge in [-0.1, -0.05) is 0 Å². The van der Waals surface area contributed by atoms with Gasteiger partial charge in [0.15, 0.2) is 0 Å². The fourth-order valence-corrected chi connectivity index (χ4v) is 1.14. The van der Waals surface area contributed by atoms with Gasteiger partial charge in [-0.3, -0.25) is 4.79 Å². The first-order chi connectivity index (χ1) is 5.55. The minimum absolute atomic E-state index is 0.134. The summed E-state index contributed by atoms with van der Waals surface area (Å²) in [6.45, 7) is 4.04. The molecule has 0 radical (unpaired) electrons. The average Bonchev–Trinajstić information content (AvgIpc) is 2.83. The molecule has 0 spiro atoms. The van der Waals surface area contributed by atoms with Crippen LogP contribution in [0.25, 0.3) is 0 Å². The van der Waals surface area contributed by atoms with Crippen LogP contribution in [0.5, 0.6) is 0 Å². The lowest BCUT2D eigenvalue weighted by atomic mass is 9.99. The molecular formula is C10H18O2. The summed E-state index contributed by atoms with van der Waals surface area (Å²) in [7, 11) is 1.70. The Kier molecular flexibility index (Phi) is 2.89. The van der Waals surface area contributed by atoms with Crippen LogP contribution in [0, 0.1) is 5.92 Å². The highest BCUT2D eigenvalue weighted by Crippen LogP contribution is 2.32. The largest absolute Gasteiger partial charge is 0.379 e. The van der Waals surface area contributed by atoms with Crippen molar-refractivity contribution in [1.29, 1.82) is 0 Å². The van der Waals surface area contributed by atoms with E-state index in [0.717, 1.165) is 19.3 Å². The molecule has 1 aliphatic carbocycles. The van der Waals surface area contributed by atoms with Gasteiger partial charge in [-0.2, -0.15) is 0 Å². The Morgan fingerprint density at radius 3 is 2.50 bits per heavy atom. The van der Waals surface area contributed by atoms with Crippen molar-refractivity contribution >= 4 is 5.78 Å². The molecule has 0 bridgehead atoms. The third kappa shape index (κ3) is 2.94. The summed E-state index contributed by atoms with van der Waals surface area (Å²) >= 11 is 0. The maximum Gasteiger partial charge on any atom is 0.136 e. The molecule has 1 rings (SSSR count). The Balaban J connectivity index is 2.19. The number of carbonyl (C=O) groups excluding carboxylic acids is 1. The highest BCUT2D eigenvalue weighted by Gasteiger charge is 2.30. The first kappa shape index (κ1) is 9.72. The molecule has 0 aliphatic heterocycles. The standard InChI is InChI=1S/C10H18O2/c1-10(2,12-3)7-6-9(11)8-4-5-8/h8H,4-7H2,1-3H3. The summed E-state index contributed by atoms with van der Waals surface area (Å²) in [5, 5.41) is 0. The van der Waals surface area contributed by atoms with Gasteiger partial charge in [0.05, 0.1) is 5.60 Å². The molecule has 1 aliphatic rings. The summed E-state index contributed by atoms with van der Waals surface area (Å²) in [4.78, 5) is 11.3. The van der Waals surface area contributed by atoms with Crippen LogP contribution in [0.4, 0.5) is 0 Å². The topological polar surface area (TPSA) is 26.3 Å². The van der Waals surface area contributed by atoms with Crippen LogP contribution in [0.15, 0.2) is 0 Å². The quantitative estimate of drug-likeness (QED) is 0.632. The Hall–Kier alpha value is -0.370. The highest BCUT2D eigenvalue weighted by atomic mass is 16.5. The van der Waals surface area contributed by atoms with Crippen LogP contribution < -0.4 is 0 Å². The van der Waals surface area contributed by atoms with E-state index in [-0.39, 0.29) is 5.60 Å². The summed E-state index contributed by atoms with van der Waals surface area (Å²) in [5.41, 5.74) is -0.134. The Morgan fingerprint density at radius 1 is 1.50 bits per heavy atom. The summed E-state index contributed by atoms with van der Waals surface area (Å²) in [6, 6.07) is 0. The third-order valence-corrected chi connectivity index (χ3v) is 2.56. The van der Waals surface area contributed by atoms with Gasteiger partial charge in [-0.05, 0) is 33.1 Å². The lowest BCUT2D eigenvalue weighted by Crippen LogP contribution is -2.23. The Labute approximate surface area is 74.3 Å². The lowest BCUT2D eigenvalue weighted by Gasteiger charge is -2.22. The average molecular weight is 170 g/mol. The molecule has 0 N–H and O–H groups in total. The second kappa shape index (κ2) is 3.56. The molecule has 0 saturated heterocycles. The smallest absolute Gasteiger partial charge is 0.136 e. The van der Waals surface area contributed by atoms with Gasteiger partial charge < -0.3 is 4.74 Å².